The first-order valence-electron chi connectivity index (χ1n) is 6.98. The largest absolute Gasteiger partial charge is 0.317 e. The Bertz CT molecular complexity index is 452. The van der Waals surface area contributed by atoms with Crippen molar-refractivity contribution in [3.63, 3.8) is 0 Å². The predicted octanol–water partition coefficient (Wildman–Crippen LogP) is 2.61. The van der Waals surface area contributed by atoms with Crippen LogP contribution < -0.4 is 5.32 Å². The number of hydrogen-bond donors (Lipinski definition) is 1. The minimum absolute atomic E-state index is 0.372. The molecule has 2 aromatic rings. The highest BCUT2D eigenvalue weighted by atomic mass is 15.1. The monoisotopic (exact) mass is 253 g/mol. The first-order chi connectivity index (χ1) is 9.45. The molecular weight excluding hydrogens is 234 g/mol. The summed E-state index contributed by atoms with van der Waals surface area (Å²) in [6.07, 6.45) is 4.15. The van der Waals surface area contributed by atoms with Crippen LogP contribution >= 0.6 is 0 Å². The maximum Gasteiger partial charge on any atom is 0.0708 e. The molecule has 98 valence electrons. The molecule has 0 radical (unpaired) electrons. The van der Waals surface area contributed by atoms with Gasteiger partial charge in [0.15, 0.2) is 0 Å². The van der Waals surface area contributed by atoms with Crippen molar-refractivity contribution in [3.8, 4) is 0 Å². The fourth-order valence-corrected chi connectivity index (χ4v) is 3.00. The minimum atomic E-state index is 0.372. The summed E-state index contributed by atoms with van der Waals surface area (Å²) in [4.78, 5) is 0. The molecule has 1 aromatic heterocycles. The van der Waals surface area contributed by atoms with Gasteiger partial charge in [0.2, 0.25) is 0 Å². The van der Waals surface area contributed by atoms with Crippen LogP contribution in [-0.4, -0.2) is 23.3 Å². The molecule has 1 fully saturated rings. The lowest BCUT2D eigenvalue weighted by Gasteiger charge is -2.30. The minimum Gasteiger partial charge on any atom is -0.317 e. The van der Waals surface area contributed by atoms with Gasteiger partial charge in [0.05, 0.1) is 5.69 Å². The predicted molar refractivity (Wildman–Crippen MR) is 75.9 cm³/mol. The molecule has 3 heteroatoms. The molecule has 19 heavy (non-hydrogen) atoms. The zero-order chi connectivity index (χ0) is 12.9. The van der Waals surface area contributed by atoms with Crippen LogP contribution in [0.15, 0.2) is 48.7 Å². The lowest BCUT2D eigenvalue weighted by atomic mass is 9.78. The van der Waals surface area contributed by atoms with E-state index >= 15 is 0 Å². The highest BCUT2D eigenvalue weighted by molar-refractivity contribution is 5.29. The molecule has 3 nitrogen and oxygen atoms in total. The van der Waals surface area contributed by atoms with Crippen molar-refractivity contribution in [2.75, 3.05) is 13.1 Å². The lowest BCUT2D eigenvalue weighted by Crippen LogP contribution is -2.31. The first-order valence-corrected chi connectivity index (χ1v) is 6.98. The van der Waals surface area contributed by atoms with E-state index in [-0.39, 0.29) is 0 Å². The number of nitrogens with zero attached hydrogens (tertiary/aromatic N) is 2. The molecule has 0 spiro atoms. The Balaban J connectivity index is 1.96. The fourth-order valence-electron chi connectivity index (χ4n) is 3.00. The summed E-state index contributed by atoms with van der Waals surface area (Å²) in [6.45, 7) is 2.21. The summed E-state index contributed by atoms with van der Waals surface area (Å²) >= 11 is 0. The summed E-state index contributed by atoms with van der Waals surface area (Å²) in [6, 6.07) is 14.8. The summed E-state index contributed by atoms with van der Waals surface area (Å²) in [5.74, 6) is 1.03. The number of aromatic nitrogens is 2. The van der Waals surface area contributed by atoms with E-state index < -0.39 is 0 Å². The van der Waals surface area contributed by atoms with E-state index in [1.165, 1.54) is 18.4 Å². The Hall–Kier alpha value is -1.74. The summed E-state index contributed by atoms with van der Waals surface area (Å²) in [7, 11) is 0. The number of rotatable bonds is 3. The second-order valence-corrected chi connectivity index (χ2v) is 5.12. The van der Waals surface area contributed by atoms with Gasteiger partial charge in [-0.2, -0.15) is 10.2 Å². The second kappa shape index (κ2) is 5.93. The van der Waals surface area contributed by atoms with E-state index in [0.29, 0.717) is 11.8 Å². The standard InChI is InChI=1S/C16H19N3/c1-2-5-13(6-3-1)16(14-8-11-17-12-9-14)15-7-4-10-18-19-15/h1-7,10,14,16-17H,8-9,11-12H2. The normalized spacial score (nSPS) is 18.1. The van der Waals surface area contributed by atoms with Gasteiger partial charge in [-0.15, -0.1) is 0 Å². The van der Waals surface area contributed by atoms with Crippen LogP contribution in [0, 0.1) is 5.92 Å². The molecule has 1 saturated heterocycles. The molecule has 1 unspecified atom stereocenters. The second-order valence-electron chi connectivity index (χ2n) is 5.12. The van der Waals surface area contributed by atoms with Crippen LogP contribution in [0.3, 0.4) is 0 Å². The molecule has 0 saturated carbocycles. The Morgan fingerprint density at radius 2 is 1.79 bits per heavy atom. The molecule has 0 amide bonds. The highest BCUT2D eigenvalue weighted by Crippen LogP contribution is 2.35. The molecule has 1 N–H and O–H groups in total. The van der Waals surface area contributed by atoms with E-state index in [4.69, 9.17) is 0 Å². The van der Waals surface area contributed by atoms with Gasteiger partial charge >= 0.3 is 0 Å². The third kappa shape index (κ3) is 2.82. The van der Waals surface area contributed by atoms with Crippen molar-refractivity contribution in [3.05, 3.63) is 59.9 Å². The molecule has 2 heterocycles. The van der Waals surface area contributed by atoms with Crippen LogP contribution in [0.25, 0.3) is 0 Å². The van der Waals surface area contributed by atoms with Crippen LogP contribution in [-0.2, 0) is 0 Å². The van der Waals surface area contributed by atoms with Crippen LogP contribution in [0.5, 0.6) is 0 Å². The topological polar surface area (TPSA) is 37.8 Å². The molecule has 0 bridgehead atoms. The van der Waals surface area contributed by atoms with E-state index in [0.717, 1.165) is 18.8 Å². The zero-order valence-corrected chi connectivity index (χ0v) is 11.0. The maximum atomic E-state index is 4.36. The van der Waals surface area contributed by atoms with E-state index in [9.17, 15) is 0 Å². The molecule has 3 rings (SSSR count). The lowest BCUT2D eigenvalue weighted by molar-refractivity contribution is 0.338. The number of nitrogens with one attached hydrogen (secondary N) is 1. The number of piperidine rings is 1. The van der Waals surface area contributed by atoms with Crippen molar-refractivity contribution in [1.29, 1.82) is 0 Å². The van der Waals surface area contributed by atoms with Gasteiger partial charge in [-0.25, -0.2) is 0 Å². The van der Waals surface area contributed by atoms with Crippen molar-refractivity contribution >= 4 is 0 Å². The average molecular weight is 253 g/mol. The number of hydrogen-bond acceptors (Lipinski definition) is 3. The van der Waals surface area contributed by atoms with Crippen LogP contribution in [0.1, 0.15) is 30.0 Å². The van der Waals surface area contributed by atoms with E-state index in [1.807, 2.05) is 6.07 Å². The Morgan fingerprint density at radius 1 is 1.00 bits per heavy atom. The van der Waals surface area contributed by atoms with Gasteiger partial charge in [0.1, 0.15) is 0 Å². The molecule has 1 aliphatic rings. The Kier molecular flexibility index (Phi) is 3.84. The van der Waals surface area contributed by atoms with Gasteiger partial charge < -0.3 is 5.32 Å². The molecular formula is C16H19N3. The zero-order valence-electron chi connectivity index (χ0n) is 11.0. The smallest absolute Gasteiger partial charge is 0.0708 e. The average Bonchev–Trinajstić information content (AvgIpc) is 2.51. The van der Waals surface area contributed by atoms with Gasteiger partial charge in [0, 0.05) is 12.1 Å². The molecule has 0 aliphatic carbocycles. The summed E-state index contributed by atoms with van der Waals surface area (Å²) in [5, 5.41) is 11.9. The molecule has 1 aliphatic heterocycles. The quantitative estimate of drug-likeness (QED) is 0.913. The number of benzene rings is 1. The van der Waals surface area contributed by atoms with Crippen LogP contribution in [0.4, 0.5) is 0 Å². The van der Waals surface area contributed by atoms with Crippen molar-refractivity contribution in [2.45, 2.75) is 18.8 Å². The highest BCUT2D eigenvalue weighted by Gasteiger charge is 2.27. The van der Waals surface area contributed by atoms with Gasteiger partial charge in [-0.05, 0) is 49.5 Å². The van der Waals surface area contributed by atoms with Crippen molar-refractivity contribution in [1.82, 2.24) is 15.5 Å². The Morgan fingerprint density at radius 3 is 2.47 bits per heavy atom. The van der Waals surface area contributed by atoms with Crippen LogP contribution in [0.2, 0.25) is 0 Å². The third-order valence-corrected chi connectivity index (χ3v) is 3.93. The summed E-state index contributed by atoms with van der Waals surface area (Å²) in [5.41, 5.74) is 2.45. The van der Waals surface area contributed by atoms with E-state index in [2.05, 4.69) is 51.9 Å². The van der Waals surface area contributed by atoms with Gasteiger partial charge in [0.25, 0.3) is 0 Å². The SMILES string of the molecule is c1ccc(C(c2cccnn2)C2CCNCC2)cc1. The first kappa shape index (κ1) is 12.3. The maximum absolute atomic E-state index is 4.36. The Labute approximate surface area is 114 Å². The molecule has 1 atom stereocenters. The van der Waals surface area contributed by atoms with Crippen molar-refractivity contribution < 1.29 is 0 Å². The summed E-state index contributed by atoms with van der Waals surface area (Å²) < 4.78 is 0. The third-order valence-electron chi connectivity index (χ3n) is 3.93. The van der Waals surface area contributed by atoms with E-state index in [1.54, 1.807) is 6.20 Å². The van der Waals surface area contributed by atoms with Gasteiger partial charge in [-0.3, -0.25) is 0 Å². The van der Waals surface area contributed by atoms with Gasteiger partial charge in [-0.1, -0.05) is 30.3 Å². The molecule has 1 aromatic carbocycles. The van der Waals surface area contributed by atoms with Crippen molar-refractivity contribution in [2.24, 2.45) is 5.92 Å². The fraction of sp³-hybridized carbons (Fsp3) is 0.375.